The number of piperidine rings is 2. The summed E-state index contributed by atoms with van der Waals surface area (Å²) in [6, 6.07) is 21.7. The number of aromatic nitrogens is 1. The molecule has 3 fully saturated rings. The molecule has 1 aliphatic carbocycles. The zero-order valence-electron chi connectivity index (χ0n) is 19.2. The van der Waals surface area contributed by atoms with E-state index in [0.717, 1.165) is 40.5 Å². The lowest BCUT2D eigenvalue weighted by Gasteiger charge is -2.46. The normalized spacial score (nSPS) is 19.4. The molecule has 3 aliphatic rings. The second-order valence-corrected chi connectivity index (χ2v) is 9.25. The maximum absolute atomic E-state index is 12.8. The first-order valence-corrected chi connectivity index (χ1v) is 11.9. The van der Waals surface area contributed by atoms with Crippen molar-refractivity contribution in [2.75, 3.05) is 23.9 Å². The topological polar surface area (TPSA) is 67.6 Å². The average Bonchev–Trinajstić information content (AvgIpc) is 3.40. The number of benzene rings is 2. The van der Waals surface area contributed by atoms with E-state index in [0.29, 0.717) is 17.5 Å². The molecule has 6 nitrogen and oxygen atoms in total. The summed E-state index contributed by atoms with van der Waals surface area (Å²) in [5, 5.41) is 3.94. The summed E-state index contributed by atoms with van der Waals surface area (Å²) in [5.74, 6) is 3.27. The van der Waals surface area contributed by atoms with Crippen LogP contribution in [-0.4, -0.2) is 30.6 Å². The maximum atomic E-state index is 12.8. The second kappa shape index (κ2) is 8.52. The van der Waals surface area contributed by atoms with Crippen LogP contribution >= 0.6 is 0 Å². The van der Waals surface area contributed by atoms with E-state index >= 15 is 0 Å². The van der Waals surface area contributed by atoms with E-state index in [1.54, 1.807) is 19.2 Å². The van der Waals surface area contributed by atoms with Gasteiger partial charge in [-0.25, -0.2) is 4.98 Å². The van der Waals surface area contributed by atoms with Gasteiger partial charge in [-0.1, -0.05) is 0 Å². The van der Waals surface area contributed by atoms with Gasteiger partial charge in [0.15, 0.2) is 5.76 Å². The molecule has 0 spiro atoms. The quantitative estimate of drug-likeness (QED) is 0.393. The Hall–Kier alpha value is -3.80. The fourth-order valence-electron chi connectivity index (χ4n) is 5.26. The number of anilines is 2. The number of carbonyl (C=O) groups excluding carboxylic acids is 1. The molecule has 1 N–H and O–H groups in total. The van der Waals surface area contributed by atoms with E-state index in [1.165, 1.54) is 25.7 Å². The Morgan fingerprint density at radius 2 is 1.82 bits per heavy atom. The van der Waals surface area contributed by atoms with Crippen LogP contribution in [-0.2, 0) is 0 Å². The van der Waals surface area contributed by atoms with Crippen LogP contribution in [0.1, 0.15) is 36.2 Å². The minimum absolute atomic E-state index is 0.263. The first-order chi connectivity index (χ1) is 16.7. The number of hydrogen-bond acceptors (Lipinski definition) is 5. The predicted octanol–water partition coefficient (Wildman–Crippen LogP) is 6.13. The molecule has 34 heavy (non-hydrogen) atoms. The van der Waals surface area contributed by atoms with Crippen molar-refractivity contribution in [1.29, 1.82) is 0 Å². The van der Waals surface area contributed by atoms with Gasteiger partial charge >= 0.3 is 0 Å². The third-order valence-electron chi connectivity index (χ3n) is 7.14. The van der Waals surface area contributed by atoms with Crippen molar-refractivity contribution < 1.29 is 13.9 Å². The van der Waals surface area contributed by atoms with Gasteiger partial charge in [0, 0.05) is 29.2 Å². The zero-order chi connectivity index (χ0) is 23.1. The molecule has 2 saturated heterocycles. The Kier molecular flexibility index (Phi) is 5.21. The van der Waals surface area contributed by atoms with E-state index in [2.05, 4.69) is 22.3 Å². The molecule has 2 aromatic carbocycles. The van der Waals surface area contributed by atoms with Crippen molar-refractivity contribution in [2.45, 2.75) is 31.7 Å². The number of methoxy groups -OCH3 is 1. The van der Waals surface area contributed by atoms with Gasteiger partial charge in [-0.05, 0) is 98.3 Å². The van der Waals surface area contributed by atoms with Crippen LogP contribution in [0.3, 0.4) is 0 Å². The van der Waals surface area contributed by atoms with Crippen LogP contribution in [0.15, 0.2) is 71.1 Å². The smallest absolute Gasteiger partial charge is 0.291 e. The molecule has 7 rings (SSSR count). The van der Waals surface area contributed by atoms with Crippen LogP contribution < -0.4 is 15.0 Å². The lowest BCUT2D eigenvalue weighted by atomic mass is 9.80. The predicted molar refractivity (Wildman–Crippen MR) is 133 cm³/mol. The fraction of sp³-hybridized carbons (Fsp3) is 0.286. The summed E-state index contributed by atoms with van der Waals surface area (Å²) >= 11 is 0. The SMILES string of the molecule is COc1ccc(-c2ccc(C(=O)Nc3ccc4nc(N5CC6CCC5CC6)ccc4c3)o2)cc1. The highest BCUT2D eigenvalue weighted by atomic mass is 16.5. The van der Waals surface area contributed by atoms with Crippen LogP contribution in [0, 0.1) is 5.92 Å². The molecule has 6 heteroatoms. The molecule has 0 unspecified atom stereocenters. The van der Waals surface area contributed by atoms with E-state index in [4.69, 9.17) is 14.1 Å². The summed E-state index contributed by atoms with van der Waals surface area (Å²) < 4.78 is 11.0. The Morgan fingerprint density at radius 3 is 2.56 bits per heavy atom. The molecule has 172 valence electrons. The number of hydrogen-bond donors (Lipinski definition) is 1. The molecule has 2 bridgehead atoms. The molecule has 2 aromatic heterocycles. The summed E-state index contributed by atoms with van der Waals surface area (Å²) in [6.45, 7) is 1.12. The Balaban J connectivity index is 1.17. The second-order valence-electron chi connectivity index (χ2n) is 9.25. The summed E-state index contributed by atoms with van der Waals surface area (Å²) in [5.41, 5.74) is 2.54. The van der Waals surface area contributed by atoms with Gasteiger partial charge in [-0.15, -0.1) is 0 Å². The molecule has 0 radical (unpaired) electrons. The van der Waals surface area contributed by atoms with Crippen molar-refractivity contribution in [3.63, 3.8) is 0 Å². The van der Waals surface area contributed by atoms with Gasteiger partial charge in [0.25, 0.3) is 5.91 Å². The molecule has 0 atom stereocenters. The van der Waals surface area contributed by atoms with Gasteiger partial charge in [0.05, 0.1) is 12.6 Å². The first-order valence-electron chi connectivity index (χ1n) is 11.9. The number of carbonyl (C=O) groups is 1. The number of nitrogens with one attached hydrogen (secondary N) is 1. The highest BCUT2D eigenvalue weighted by Crippen LogP contribution is 2.37. The lowest BCUT2D eigenvalue weighted by molar-refractivity contribution is 0.0997. The Bertz CT molecular complexity index is 1340. The fourth-order valence-corrected chi connectivity index (χ4v) is 5.26. The summed E-state index contributed by atoms with van der Waals surface area (Å²) in [6.07, 6.45) is 5.27. The number of nitrogens with zero attached hydrogens (tertiary/aromatic N) is 2. The summed E-state index contributed by atoms with van der Waals surface area (Å²) in [4.78, 5) is 20.2. The lowest BCUT2D eigenvalue weighted by Crippen LogP contribution is -2.48. The van der Waals surface area contributed by atoms with Crippen molar-refractivity contribution >= 4 is 28.3 Å². The molecule has 2 aliphatic heterocycles. The minimum atomic E-state index is -0.284. The van der Waals surface area contributed by atoms with Crippen molar-refractivity contribution in [2.24, 2.45) is 5.92 Å². The largest absolute Gasteiger partial charge is 0.497 e. The van der Waals surface area contributed by atoms with E-state index in [-0.39, 0.29) is 11.7 Å². The molecule has 4 aromatic rings. The van der Waals surface area contributed by atoms with Gasteiger partial charge in [-0.3, -0.25) is 4.79 Å². The Morgan fingerprint density at radius 1 is 1.00 bits per heavy atom. The standard InChI is InChI=1S/C28H27N3O3/c1-33-23-10-4-19(5-11-23)25-13-14-26(34-25)28(32)29-21-7-12-24-20(16-21)6-15-27(30-24)31-17-18-2-8-22(31)9-3-18/h4-7,10-16,18,22H,2-3,8-9,17H2,1H3,(H,29,32). The number of amides is 1. The van der Waals surface area contributed by atoms with Gasteiger partial charge in [0.2, 0.25) is 0 Å². The number of ether oxygens (including phenoxy) is 1. The maximum Gasteiger partial charge on any atom is 0.291 e. The molecular weight excluding hydrogens is 426 g/mol. The first kappa shape index (κ1) is 20.8. The van der Waals surface area contributed by atoms with Crippen LogP contribution in [0.2, 0.25) is 0 Å². The molecule has 4 heterocycles. The number of rotatable bonds is 5. The third kappa shape index (κ3) is 3.89. The number of fused-ring (bicyclic) bond motifs is 4. The van der Waals surface area contributed by atoms with Crippen LogP contribution in [0.4, 0.5) is 11.5 Å². The average molecular weight is 454 g/mol. The minimum Gasteiger partial charge on any atom is -0.497 e. The van der Waals surface area contributed by atoms with Crippen LogP contribution in [0.25, 0.3) is 22.2 Å². The van der Waals surface area contributed by atoms with E-state index < -0.39 is 0 Å². The number of furan rings is 1. The zero-order valence-corrected chi connectivity index (χ0v) is 19.2. The monoisotopic (exact) mass is 453 g/mol. The van der Waals surface area contributed by atoms with E-state index in [9.17, 15) is 4.79 Å². The highest BCUT2D eigenvalue weighted by Gasteiger charge is 2.34. The van der Waals surface area contributed by atoms with Crippen molar-refractivity contribution in [3.05, 3.63) is 72.5 Å². The van der Waals surface area contributed by atoms with Gasteiger partial charge < -0.3 is 19.4 Å². The van der Waals surface area contributed by atoms with Crippen molar-refractivity contribution in [3.8, 4) is 17.1 Å². The Labute approximate surface area is 198 Å². The molecule has 1 amide bonds. The number of pyridine rings is 1. The third-order valence-corrected chi connectivity index (χ3v) is 7.14. The van der Waals surface area contributed by atoms with E-state index in [1.807, 2.05) is 42.5 Å². The van der Waals surface area contributed by atoms with Crippen LogP contribution in [0.5, 0.6) is 5.75 Å². The van der Waals surface area contributed by atoms with Gasteiger partial charge in [0.1, 0.15) is 17.3 Å². The summed E-state index contributed by atoms with van der Waals surface area (Å²) in [7, 11) is 1.63. The van der Waals surface area contributed by atoms with Crippen molar-refractivity contribution in [1.82, 2.24) is 4.98 Å². The molecular formula is C28H27N3O3. The molecule has 1 saturated carbocycles. The highest BCUT2D eigenvalue weighted by molar-refractivity contribution is 6.03. The van der Waals surface area contributed by atoms with Gasteiger partial charge in [-0.2, -0.15) is 0 Å².